The second-order valence-corrected chi connectivity index (χ2v) is 4.07. The summed E-state index contributed by atoms with van der Waals surface area (Å²) in [5.74, 6) is -0.269. The predicted octanol–water partition coefficient (Wildman–Crippen LogP) is 3.19. The van der Waals surface area contributed by atoms with Gasteiger partial charge in [-0.2, -0.15) is 5.26 Å². The van der Waals surface area contributed by atoms with Crippen LogP contribution in [-0.2, 0) is 0 Å². The van der Waals surface area contributed by atoms with Gasteiger partial charge in [-0.3, -0.25) is 4.79 Å². The molecule has 2 rings (SSSR count). The van der Waals surface area contributed by atoms with Gasteiger partial charge in [-0.05, 0) is 17.7 Å². The average molecular weight is 251 g/mol. The molecule has 0 bridgehead atoms. The molecule has 0 aliphatic carbocycles. The summed E-state index contributed by atoms with van der Waals surface area (Å²) in [5.41, 5.74) is 1.22. The van der Waals surface area contributed by atoms with Crippen molar-refractivity contribution in [3.05, 3.63) is 65.7 Å². The lowest BCUT2D eigenvalue weighted by Gasteiger charge is -2.09. The maximum atomic E-state index is 12.3. The molecule has 0 unspecified atom stereocenters. The van der Waals surface area contributed by atoms with Crippen LogP contribution >= 0.6 is 0 Å². The van der Waals surface area contributed by atoms with E-state index in [1.807, 2.05) is 6.07 Å². The standard InChI is InChI=1S/C16H13NO2/c1-19-14-9-7-12(8-10-14)15(11-17)16(18)13-5-3-2-4-6-13/h2-10,15H,1H3/t15-/m0/s1. The minimum Gasteiger partial charge on any atom is -0.497 e. The first-order valence-electron chi connectivity index (χ1n) is 5.89. The fourth-order valence-electron chi connectivity index (χ4n) is 1.85. The summed E-state index contributed by atoms with van der Waals surface area (Å²) in [6.45, 7) is 0. The number of carbonyl (C=O) groups is 1. The molecule has 0 N–H and O–H groups in total. The van der Waals surface area contributed by atoms with E-state index in [2.05, 4.69) is 6.07 Å². The van der Waals surface area contributed by atoms with E-state index in [4.69, 9.17) is 4.74 Å². The summed E-state index contributed by atoms with van der Waals surface area (Å²) in [6.07, 6.45) is 0. The number of methoxy groups -OCH3 is 1. The first-order chi connectivity index (χ1) is 9.26. The van der Waals surface area contributed by atoms with Crippen LogP contribution in [0.2, 0.25) is 0 Å². The topological polar surface area (TPSA) is 50.1 Å². The number of nitriles is 1. The predicted molar refractivity (Wildman–Crippen MR) is 72.1 cm³/mol. The van der Waals surface area contributed by atoms with Gasteiger partial charge in [0.2, 0.25) is 0 Å². The first-order valence-corrected chi connectivity index (χ1v) is 5.89. The van der Waals surface area contributed by atoms with Gasteiger partial charge in [0, 0.05) is 5.56 Å². The number of benzene rings is 2. The maximum absolute atomic E-state index is 12.3. The zero-order valence-corrected chi connectivity index (χ0v) is 10.5. The third-order valence-corrected chi connectivity index (χ3v) is 2.90. The van der Waals surface area contributed by atoms with Crippen molar-refractivity contribution in [2.24, 2.45) is 0 Å². The number of ketones is 1. The number of Topliss-reactive ketones (excluding diaryl/α,β-unsaturated/α-hetero) is 1. The highest BCUT2D eigenvalue weighted by Crippen LogP contribution is 2.22. The highest BCUT2D eigenvalue weighted by Gasteiger charge is 2.21. The Morgan fingerprint density at radius 1 is 1.11 bits per heavy atom. The lowest BCUT2D eigenvalue weighted by atomic mass is 9.92. The molecule has 0 aliphatic heterocycles. The van der Waals surface area contributed by atoms with Crippen LogP contribution in [0.3, 0.4) is 0 Å². The van der Waals surface area contributed by atoms with Crippen LogP contribution in [0.15, 0.2) is 54.6 Å². The number of ether oxygens (including phenoxy) is 1. The van der Waals surface area contributed by atoms with Crippen LogP contribution < -0.4 is 4.74 Å². The second-order valence-electron chi connectivity index (χ2n) is 4.07. The van der Waals surface area contributed by atoms with E-state index in [1.54, 1.807) is 55.6 Å². The third kappa shape index (κ3) is 2.80. The van der Waals surface area contributed by atoms with Crippen LogP contribution in [0.1, 0.15) is 21.8 Å². The highest BCUT2D eigenvalue weighted by atomic mass is 16.5. The minimum atomic E-state index is -0.784. The van der Waals surface area contributed by atoms with Crippen molar-refractivity contribution in [1.82, 2.24) is 0 Å². The van der Waals surface area contributed by atoms with E-state index in [1.165, 1.54) is 0 Å². The number of nitrogens with zero attached hydrogens (tertiary/aromatic N) is 1. The molecule has 0 aliphatic rings. The molecular formula is C16H13NO2. The van der Waals surface area contributed by atoms with Gasteiger partial charge in [-0.1, -0.05) is 42.5 Å². The van der Waals surface area contributed by atoms with Gasteiger partial charge in [0.25, 0.3) is 0 Å². The third-order valence-electron chi connectivity index (χ3n) is 2.90. The number of hydrogen-bond donors (Lipinski definition) is 0. The molecule has 3 heteroatoms. The first kappa shape index (κ1) is 12.8. The van der Waals surface area contributed by atoms with Crippen molar-refractivity contribution in [2.45, 2.75) is 5.92 Å². The smallest absolute Gasteiger partial charge is 0.184 e. The van der Waals surface area contributed by atoms with Crippen molar-refractivity contribution in [1.29, 1.82) is 5.26 Å². The summed E-state index contributed by atoms with van der Waals surface area (Å²) >= 11 is 0. The summed E-state index contributed by atoms with van der Waals surface area (Å²) in [5, 5.41) is 9.24. The Balaban J connectivity index is 2.30. The fourth-order valence-corrected chi connectivity index (χ4v) is 1.85. The van der Waals surface area contributed by atoms with Crippen LogP contribution in [0.4, 0.5) is 0 Å². The number of hydrogen-bond acceptors (Lipinski definition) is 3. The van der Waals surface area contributed by atoms with Gasteiger partial charge in [0.15, 0.2) is 5.78 Å². The molecular weight excluding hydrogens is 238 g/mol. The van der Waals surface area contributed by atoms with Gasteiger partial charge in [0.05, 0.1) is 13.2 Å². The molecule has 0 amide bonds. The Morgan fingerprint density at radius 2 is 1.74 bits per heavy atom. The minimum absolute atomic E-state index is 0.187. The zero-order valence-electron chi connectivity index (χ0n) is 10.5. The Hall–Kier alpha value is -2.60. The monoisotopic (exact) mass is 251 g/mol. The highest BCUT2D eigenvalue weighted by molar-refractivity contribution is 6.02. The fraction of sp³-hybridized carbons (Fsp3) is 0.125. The van der Waals surface area contributed by atoms with Crippen molar-refractivity contribution < 1.29 is 9.53 Å². The zero-order chi connectivity index (χ0) is 13.7. The summed E-state index contributed by atoms with van der Waals surface area (Å²) < 4.78 is 5.06. The Bertz CT molecular complexity index is 597. The lowest BCUT2D eigenvalue weighted by molar-refractivity contribution is 0.0979. The van der Waals surface area contributed by atoms with Crippen LogP contribution in [0.5, 0.6) is 5.75 Å². The van der Waals surface area contributed by atoms with Crippen LogP contribution in [0.25, 0.3) is 0 Å². The van der Waals surface area contributed by atoms with Crippen molar-refractivity contribution in [3.8, 4) is 11.8 Å². The van der Waals surface area contributed by atoms with E-state index in [0.29, 0.717) is 16.9 Å². The Morgan fingerprint density at radius 3 is 2.26 bits per heavy atom. The quantitative estimate of drug-likeness (QED) is 0.784. The van der Waals surface area contributed by atoms with Gasteiger partial charge in [-0.15, -0.1) is 0 Å². The Kier molecular flexibility index (Phi) is 3.94. The van der Waals surface area contributed by atoms with E-state index in [-0.39, 0.29) is 5.78 Å². The van der Waals surface area contributed by atoms with Crippen LogP contribution in [-0.4, -0.2) is 12.9 Å². The molecule has 0 saturated carbocycles. The van der Waals surface area contributed by atoms with E-state index in [0.717, 1.165) is 0 Å². The largest absolute Gasteiger partial charge is 0.497 e. The molecule has 19 heavy (non-hydrogen) atoms. The maximum Gasteiger partial charge on any atom is 0.184 e. The van der Waals surface area contributed by atoms with Gasteiger partial charge in [-0.25, -0.2) is 0 Å². The molecule has 2 aromatic carbocycles. The molecule has 2 aromatic rings. The summed E-state index contributed by atoms with van der Waals surface area (Å²) in [6, 6.07) is 17.9. The summed E-state index contributed by atoms with van der Waals surface area (Å²) in [7, 11) is 1.58. The molecule has 0 fully saturated rings. The SMILES string of the molecule is COc1ccc([C@H](C#N)C(=O)c2ccccc2)cc1. The van der Waals surface area contributed by atoms with E-state index >= 15 is 0 Å². The van der Waals surface area contributed by atoms with Crippen molar-refractivity contribution in [3.63, 3.8) is 0 Å². The van der Waals surface area contributed by atoms with E-state index in [9.17, 15) is 10.1 Å². The normalized spacial score (nSPS) is 11.4. The van der Waals surface area contributed by atoms with Crippen LogP contribution in [0, 0.1) is 11.3 Å². The number of rotatable bonds is 4. The van der Waals surface area contributed by atoms with Gasteiger partial charge >= 0.3 is 0 Å². The summed E-state index contributed by atoms with van der Waals surface area (Å²) in [4.78, 5) is 12.3. The average Bonchev–Trinajstić information content (AvgIpc) is 2.49. The molecule has 0 saturated heterocycles. The molecule has 0 spiro atoms. The number of carbonyl (C=O) groups excluding carboxylic acids is 1. The second kappa shape index (κ2) is 5.83. The van der Waals surface area contributed by atoms with Crippen molar-refractivity contribution >= 4 is 5.78 Å². The molecule has 0 aromatic heterocycles. The van der Waals surface area contributed by atoms with Crippen molar-refractivity contribution in [2.75, 3.05) is 7.11 Å². The van der Waals surface area contributed by atoms with E-state index < -0.39 is 5.92 Å². The molecule has 0 radical (unpaired) electrons. The molecule has 1 atom stereocenters. The molecule has 3 nitrogen and oxygen atoms in total. The Labute approximate surface area is 112 Å². The molecule has 0 heterocycles. The van der Waals surface area contributed by atoms with Gasteiger partial charge in [0.1, 0.15) is 11.7 Å². The van der Waals surface area contributed by atoms with Gasteiger partial charge < -0.3 is 4.74 Å². The lowest BCUT2D eigenvalue weighted by Crippen LogP contribution is -2.11. The molecule has 94 valence electrons.